The summed E-state index contributed by atoms with van der Waals surface area (Å²) in [6, 6.07) is 2.46. The largest absolute Gasteiger partial charge is 0.386 e. The quantitative estimate of drug-likeness (QED) is 0.884. The summed E-state index contributed by atoms with van der Waals surface area (Å²) in [6.45, 7) is 0. The molecule has 18 heavy (non-hydrogen) atoms. The first kappa shape index (κ1) is 13.2. The molecule has 0 aliphatic rings. The number of nitrogens with zero attached hydrogens (tertiary/aromatic N) is 2. The standard InChI is InChI=1S/C12H11BrF2N2O/c1-17-6-16-5-10(17)11(18)4-7-9(14)3-2-8(13)12(7)15/h2-3,5-6,11,18H,4H2,1H3. The van der Waals surface area contributed by atoms with Crippen molar-refractivity contribution in [1.29, 1.82) is 0 Å². The zero-order valence-electron chi connectivity index (χ0n) is 9.57. The molecular weight excluding hydrogens is 306 g/mol. The average Bonchev–Trinajstić information content (AvgIpc) is 2.76. The molecule has 0 bridgehead atoms. The normalized spacial score (nSPS) is 12.7. The van der Waals surface area contributed by atoms with E-state index in [-0.39, 0.29) is 16.5 Å². The molecule has 0 spiro atoms. The van der Waals surface area contributed by atoms with Crippen LogP contribution in [0.3, 0.4) is 0 Å². The second kappa shape index (κ2) is 5.16. The van der Waals surface area contributed by atoms with E-state index in [2.05, 4.69) is 20.9 Å². The van der Waals surface area contributed by atoms with Gasteiger partial charge in [-0.3, -0.25) is 0 Å². The third-order valence-electron chi connectivity index (χ3n) is 2.73. The predicted octanol–water partition coefficient (Wildman–Crippen LogP) is 2.74. The monoisotopic (exact) mass is 316 g/mol. The summed E-state index contributed by atoms with van der Waals surface area (Å²) < 4.78 is 29.1. The third-order valence-corrected chi connectivity index (χ3v) is 3.34. The summed E-state index contributed by atoms with van der Waals surface area (Å²) in [5, 5.41) is 9.97. The Kier molecular flexibility index (Phi) is 3.77. The van der Waals surface area contributed by atoms with Gasteiger partial charge in [0.2, 0.25) is 0 Å². The third kappa shape index (κ3) is 2.44. The first-order valence-electron chi connectivity index (χ1n) is 5.27. The number of aliphatic hydroxyl groups is 1. The second-order valence-corrected chi connectivity index (χ2v) is 4.83. The second-order valence-electron chi connectivity index (χ2n) is 3.97. The number of rotatable bonds is 3. The van der Waals surface area contributed by atoms with Crippen molar-refractivity contribution < 1.29 is 13.9 Å². The number of halogens is 3. The van der Waals surface area contributed by atoms with Gasteiger partial charge in [-0.1, -0.05) is 0 Å². The maximum absolute atomic E-state index is 13.7. The van der Waals surface area contributed by atoms with E-state index in [9.17, 15) is 13.9 Å². The summed E-state index contributed by atoms with van der Waals surface area (Å²) in [6.07, 6.45) is 1.84. The number of benzene rings is 1. The lowest BCUT2D eigenvalue weighted by Gasteiger charge is -2.13. The average molecular weight is 317 g/mol. The van der Waals surface area contributed by atoms with Crippen molar-refractivity contribution in [3.8, 4) is 0 Å². The van der Waals surface area contributed by atoms with Crippen molar-refractivity contribution in [2.24, 2.45) is 7.05 Å². The molecule has 1 N–H and O–H groups in total. The molecule has 0 radical (unpaired) electrons. The van der Waals surface area contributed by atoms with Crippen molar-refractivity contribution >= 4 is 15.9 Å². The molecule has 0 amide bonds. The minimum absolute atomic E-state index is 0.141. The molecule has 1 unspecified atom stereocenters. The van der Waals surface area contributed by atoms with E-state index in [1.54, 1.807) is 11.6 Å². The molecule has 0 aliphatic carbocycles. The van der Waals surface area contributed by atoms with Gasteiger partial charge in [-0.05, 0) is 28.1 Å². The molecule has 1 aromatic heterocycles. The van der Waals surface area contributed by atoms with Gasteiger partial charge in [-0.15, -0.1) is 0 Å². The number of hydrogen-bond acceptors (Lipinski definition) is 2. The summed E-state index contributed by atoms with van der Waals surface area (Å²) in [5.41, 5.74) is 0.367. The van der Waals surface area contributed by atoms with Crippen LogP contribution >= 0.6 is 15.9 Å². The molecule has 2 aromatic rings. The van der Waals surface area contributed by atoms with Gasteiger partial charge in [-0.25, -0.2) is 13.8 Å². The summed E-state index contributed by atoms with van der Waals surface area (Å²) in [7, 11) is 1.71. The Balaban J connectivity index is 2.30. The smallest absolute Gasteiger partial charge is 0.143 e. The van der Waals surface area contributed by atoms with Gasteiger partial charge >= 0.3 is 0 Å². The van der Waals surface area contributed by atoms with Gasteiger partial charge < -0.3 is 9.67 Å². The molecule has 0 saturated carbocycles. The Bertz CT molecular complexity index is 571. The van der Waals surface area contributed by atoms with Gasteiger partial charge in [0.05, 0.1) is 28.8 Å². The van der Waals surface area contributed by atoms with Crippen molar-refractivity contribution in [2.45, 2.75) is 12.5 Å². The van der Waals surface area contributed by atoms with E-state index in [0.717, 1.165) is 0 Å². The van der Waals surface area contributed by atoms with Gasteiger partial charge in [0, 0.05) is 19.0 Å². The number of aliphatic hydroxyl groups excluding tert-OH is 1. The number of aromatic nitrogens is 2. The lowest BCUT2D eigenvalue weighted by Crippen LogP contribution is -2.09. The molecule has 3 nitrogen and oxygen atoms in total. The van der Waals surface area contributed by atoms with Crippen molar-refractivity contribution in [1.82, 2.24) is 9.55 Å². The topological polar surface area (TPSA) is 38.0 Å². The molecule has 0 fully saturated rings. The number of imidazole rings is 1. The van der Waals surface area contributed by atoms with Crippen molar-refractivity contribution in [3.05, 3.63) is 52.0 Å². The summed E-state index contributed by atoms with van der Waals surface area (Å²) in [4.78, 5) is 3.85. The molecule has 6 heteroatoms. The fourth-order valence-corrected chi connectivity index (χ4v) is 2.11. The zero-order valence-corrected chi connectivity index (χ0v) is 11.2. The molecule has 96 valence electrons. The van der Waals surface area contributed by atoms with Crippen LogP contribution in [0.25, 0.3) is 0 Å². The summed E-state index contributed by atoms with van der Waals surface area (Å²) in [5.74, 6) is -1.35. The molecular formula is C12H11BrF2N2O. The maximum atomic E-state index is 13.7. The highest BCUT2D eigenvalue weighted by Gasteiger charge is 2.19. The SMILES string of the molecule is Cn1cncc1C(O)Cc1c(F)ccc(Br)c1F. The minimum atomic E-state index is -1.00. The first-order valence-corrected chi connectivity index (χ1v) is 6.06. The van der Waals surface area contributed by atoms with Gasteiger partial charge in [0.1, 0.15) is 11.6 Å². The Morgan fingerprint density at radius 2 is 2.17 bits per heavy atom. The van der Waals surface area contributed by atoms with Crippen LogP contribution < -0.4 is 0 Å². The van der Waals surface area contributed by atoms with E-state index >= 15 is 0 Å². The Labute approximate surface area is 111 Å². The Morgan fingerprint density at radius 3 is 2.78 bits per heavy atom. The highest BCUT2D eigenvalue weighted by molar-refractivity contribution is 9.10. The van der Waals surface area contributed by atoms with Crippen LogP contribution in [0, 0.1) is 11.6 Å². The highest BCUT2D eigenvalue weighted by atomic mass is 79.9. The fourth-order valence-electron chi connectivity index (χ4n) is 1.74. The molecule has 0 aliphatic heterocycles. The zero-order chi connectivity index (χ0) is 13.3. The van der Waals surface area contributed by atoms with E-state index < -0.39 is 17.7 Å². The highest BCUT2D eigenvalue weighted by Crippen LogP contribution is 2.26. The Hall–Kier alpha value is -1.27. The van der Waals surface area contributed by atoms with Gasteiger partial charge in [0.15, 0.2) is 0 Å². The van der Waals surface area contributed by atoms with Crippen LogP contribution in [-0.2, 0) is 13.5 Å². The van der Waals surface area contributed by atoms with E-state index in [0.29, 0.717) is 5.69 Å². The van der Waals surface area contributed by atoms with Crippen LogP contribution in [0.15, 0.2) is 29.1 Å². The molecule has 1 aromatic carbocycles. The lowest BCUT2D eigenvalue weighted by atomic mass is 10.0. The van der Waals surface area contributed by atoms with Crippen LogP contribution in [0.2, 0.25) is 0 Å². The van der Waals surface area contributed by atoms with Gasteiger partial charge in [-0.2, -0.15) is 0 Å². The number of aryl methyl sites for hydroxylation is 1. The molecule has 0 saturated heterocycles. The molecule has 1 atom stereocenters. The molecule has 1 heterocycles. The van der Waals surface area contributed by atoms with Crippen LogP contribution in [0.4, 0.5) is 8.78 Å². The number of hydrogen-bond donors (Lipinski definition) is 1. The fraction of sp³-hybridized carbons (Fsp3) is 0.250. The van der Waals surface area contributed by atoms with Crippen molar-refractivity contribution in [3.63, 3.8) is 0 Å². The van der Waals surface area contributed by atoms with Crippen LogP contribution in [-0.4, -0.2) is 14.7 Å². The minimum Gasteiger partial charge on any atom is -0.386 e. The van der Waals surface area contributed by atoms with Crippen LogP contribution in [0.5, 0.6) is 0 Å². The predicted molar refractivity (Wildman–Crippen MR) is 65.9 cm³/mol. The van der Waals surface area contributed by atoms with Gasteiger partial charge in [0.25, 0.3) is 0 Å². The van der Waals surface area contributed by atoms with Crippen LogP contribution in [0.1, 0.15) is 17.4 Å². The van der Waals surface area contributed by atoms with E-state index in [1.807, 2.05) is 0 Å². The van der Waals surface area contributed by atoms with E-state index in [4.69, 9.17) is 0 Å². The maximum Gasteiger partial charge on any atom is 0.143 e. The summed E-state index contributed by atoms with van der Waals surface area (Å²) >= 11 is 2.99. The first-order chi connectivity index (χ1) is 8.50. The Morgan fingerprint density at radius 1 is 1.44 bits per heavy atom. The van der Waals surface area contributed by atoms with Crippen molar-refractivity contribution in [2.75, 3.05) is 0 Å². The molecule has 2 rings (SSSR count). The lowest BCUT2D eigenvalue weighted by molar-refractivity contribution is 0.167. The van der Waals surface area contributed by atoms with E-state index in [1.165, 1.54) is 24.7 Å².